The molecule has 1 aliphatic heterocycles. The first-order chi connectivity index (χ1) is 16.9. The summed E-state index contributed by atoms with van der Waals surface area (Å²) >= 11 is 0. The molecule has 0 unspecified atom stereocenters. The van der Waals surface area contributed by atoms with Gasteiger partial charge in [-0.2, -0.15) is 8.78 Å². The topological polar surface area (TPSA) is 47.9 Å². The summed E-state index contributed by atoms with van der Waals surface area (Å²) in [5.74, 6) is -13.5. The normalized spacial score (nSPS) is 18.4. The van der Waals surface area contributed by atoms with Gasteiger partial charge >= 0.3 is 6.11 Å². The first-order valence-electron chi connectivity index (χ1n) is 9.99. The Bertz CT molecular complexity index is 1240. The van der Waals surface area contributed by atoms with Crippen molar-refractivity contribution in [1.29, 1.82) is 0 Å². The molecule has 1 saturated heterocycles. The van der Waals surface area contributed by atoms with Crippen LogP contribution in [0, 0.1) is 40.7 Å². The van der Waals surface area contributed by atoms with Crippen molar-refractivity contribution < 1.29 is 58.8 Å². The van der Waals surface area contributed by atoms with Crippen LogP contribution in [-0.4, -0.2) is 24.4 Å². The molecule has 36 heavy (non-hydrogen) atoms. The Kier molecular flexibility index (Phi) is 6.90. The number of aliphatic hydroxyl groups is 1. The number of alkyl halides is 2. The quantitative estimate of drug-likeness (QED) is 0.336. The highest BCUT2D eigenvalue weighted by molar-refractivity contribution is 5.66. The van der Waals surface area contributed by atoms with E-state index in [0.29, 0.717) is 12.1 Å². The molecule has 0 atom stereocenters. The summed E-state index contributed by atoms with van der Waals surface area (Å²) in [6.07, 6.45) is -7.12. The maximum Gasteiger partial charge on any atom is 0.432 e. The van der Waals surface area contributed by atoms with E-state index in [-0.39, 0.29) is 43.0 Å². The second-order valence-corrected chi connectivity index (χ2v) is 7.65. The average Bonchev–Trinajstić information content (AvgIpc) is 2.76. The van der Waals surface area contributed by atoms with Crippen molar-refractivity contribution in [2.24, 2.45) is 0 Å². The van der Waals surface area contributed by atoms with Crippen molar-refractivity contribution in [2.75, 3.05) is 13.2 Å². The SMILES string of the molecule is OC1COC(c2cc(F)c(C(F)(F)Oc3cc(F)c(-c4cc(F)c(F)c(F)c4)c(F)c3)c(F)c2)OC1. The number of rotatable bonds is 5. The third kappa shape index (κ3) is 4.99. The average molecular weight is 524 g/mol. The lowest BCUT2D eigenvalue weighted by molar-refractivity contribution is -0.221. The molecular formula is C23H13F9O4. The van der Waals surface area contributed by atoms with Gasteiger partial charge in [0.25, 0.3) is 0 Å². The lowest BCUT2D eigenvalue weighted by atomic mass is 10.0. The lowest BCUT2D eigenvalue weighted by Gasteiger charge is -2.27. The fraction of sp³-hybridized carbons (Fsp3) is 0.217. The Labute approximate surface area is 196 Å². The van der Waals surface area contributed by atoms with Crippen molar-refractivity contribution in [3.05, 3.63) is 88.2 Å². The van der Waals surface area contributed by atoms with Gasteiger partial charge in [-0.25, -0.2) is 30.7 Å². The van der Waals surface area contributed by atoms with Crippen molar-refractivity contribution >= 4 is 0 Å². The van der Waals surface area contributed by atoms with Gasteiger partial charge in [0, 0.05) is 17.7 Å². The molecule has 0 bridgehead atoms. The maximum absolute atomic E-state index is 14.6. The van der Waals surface area contributed by atoms with E-state index < -0.39 is 81.7 Å². The van der Waals surface area contributed by atoms with Crippen LogP contribution in [0.25, 0.3) is 11.1 Å². The molecule has 4 nitrogen and oxygen atoms in total. The van der Waals surface area contributed by atoms with Gasteiger partial charge in [0.05, 0.1) is 18.8 Å². The van der Waals surface area contributed by atoms with Crippen molar-refractivity contribution in [3.63, 3.8) is 0 Å². The molecule has 0 radical (unpaired) electrons. The number of halogens is 9. The van der Waals surface area contributed by atoms with E-state index in [4.69, 9.17) is 9.47 Å². The second-order valence-electron chi connectivity index (χ2n) is 7.65. The predicted octanol–water partition coefficient (Wildman–Crippen LogP) is 5.86. The zero-order valence-electron chi connectivity index (χ0n) is 17.6. The third-order valence-electron chi connectivity index (χ3n) is 5.04. The van der Waals surface area contributed by atoms with Crippen LogP contribution >= 0.6 is 0 Å². The molecule has 0 spiro atoms. The molecule has 3 aromatic rings. The number of ether oxygens (including phenoxy) is 3. The van der Waals surface area contributed by atoms with Gasteiger partial charge < -0.3 is 19.3 Å². The zero-order valence-corrected chi connectivity index (χ0v) is 17.6. The molecule has 0 amide bonds. The fourth-order valence-electron chi connectivity index (χ4n) is 3.48. The zero-order chi connectivity index (χ0) is 26.4. The smallest absolute Gasteiger partial charge is 0.429 e. The van der Waals surface area contributed by atoms with Crippen molar-refractivity contribution in [1.82, 2.24) is 0 Å². The third-order valence-corrected chi connectivity index (χ3v) is 5.04. The summed E-state index contributed by atoms with van der Waals surface area (Å²) in [6.45, 7) is -0.474. The van der Waals surface area contributed by atoms with Gasteiger partial charge in [0.1, 0.15) is 40.7 Å². The highest BCUT2D eigenvalue weighted by atomic mass is 19.3. The van der Waals surface area contributed by atoms with Crippen molar-refractivity contribution in [2.45, 2.75) is 18.5 Å². The van der Waals surface area contributed by atoms with Crippen LogP contribution in [0.3, 0.4) is 0 Å². The van der Waals surface area contributed by atoms with E-state index in [1.165, 1.54) is 0 Å². The van der Waals surface area contributed by atoms with Crippen LogP contribution in [-0.2, 0) is 15.6 Å². The number of hydrogen-bond donors (Lipinski definition) is 1. The predicted molar refractivity (Wildman–Crippen MR) is 103 cm³/mol. The first-order valence-corrected chi connectivity index (χ1v) is 9.99. The molecule has 1 aliphatic rings. The molecule has 13 heteroatoms. The largest absolute Gasteiger partial charge is 0.432 e. The monoisotopic (exact) mass is 524 g/mol. The Morgan fingerprint density at radius 3 is 1.72 bits per heavy atom. The Balaban J connectivity index is 1.63. The van der Waals surface area contributed by atoms with Crippen LogP contribution in [0.2, 0.25) is 0 Å². The van der Waals surface area contributed by atoms with E-state index >= 15 is 0 Å². The van der Waals surface area contributed by atoms with Gasteiger partial charge in [-0.1, -0.05) is 0 Å². The van der Waals surface area contributed by atoms with Crippen LogP contribution in [0.15, 0.2) is 36.4 Å². The minimum Gasteiger partial charge on any atom is -0.429 e. The standard InChI is InChI=1S/C23H13F9O4/c24-13-5-12(6-14(25)19(13)9-1-17(28)21(30)18(29)2-9)36-23(31,32)20-15(26)3-10(4-16(20)27)22-34-7-11(33)8-35-22/h1-6,11,22,33H,7-8H2. The van der Waals surface area contributed by atoms with E-state index in [1.54, 1.807) is 0 Å². The highest BCUT2D eigenvalue weighted by Crippen LogP contribution is 2.39. The minimum absolute atomic E-state index is 0.185. The molecule has 192 valence electrons. The van der Waals surface area contributed by atoms with E-state index in [1.807, 2.05) is 0 Å². The second kappa shape index (κ2) is 9.64. The van der Waals surface area contributed by atoms with Crippen LogP contribution in [0.4, 0.5) is 39.5 Å². The Hall–Kier alpha value is -3.29. The molecule has 1 heterocycles. The number of benzene rings is 3. The van der Waals surface area contributed by atoms with Crippen LogP contribution in [0.5, 0.6) is 5.75 Å². The van der Waals surface area contributed by atoms with Gasteiger partial charge in [-0.15, -0.1) is 0 Å². The van der Waals surface area contributed by atoms with Gasteiger partial charge in [-0.05, 0) is 29.8 Å². The lowest BCUT2D eigenvalue weighted by Crippen LogP contribution is -2.31. The van der Waals surface area contributed by atoms with E-state index in [0.717, 1.165) is 0 Å². The Morgan fingerprint density at radius 2 is 1.22 bits per heavy atom. The van der Waals surface area contributed by atoms with Crippen LogP contribution < -0.4 is 4.74 Å². The molecule has 1 fully saturated rings. The Morgan fingerprint density at radius 1 is 0.722 bits per heavy atom. The molecular weight excluding hydrogens is 511 g/mol. The fourth-order valence-corrected chi connectivity index (χ4v) is 3.48. The first kappa shape index (κ1) is 25.8. The van der Waals surface area contributed by atoms with Gasteiger partial charge in [0.2, 0.25) is 0 Å². The van der Waals surface area contributed by atoms with Gasteiger partial charge in [-0.3, -0.25) is 0 Å². The summed E-state index contributed by atoms with van der Waals surface area (Å²) in [5, 5.41) is 9.31. The van der Waals surface area contributed by atoms with Crippen molar-refractivity contribution in [3.8, 4) is 16.9 Å². The molecule has 0 aromatic heterocycles. The molecule has 0 aliphatic carbocycles. The molecule has 4 rings (SSSR count). The summed E-state index contributed by atoms with van der Waals surface area (Å²) in [7, 11) is 0. The summed E-state index contributed by atoms with van der Waals surface area (Å²) in [5.41, 5.74) is -4.10. The number of aliphatic hydroxyl groups excluding tert-OH is 1. The summed E-state index contributed by atoms with van der Waals surface area (Å²) < 4.78 is 141. The summed E-state index contributed by atoms with van der Waals surface area (Å²) in [6, 6.07) is 1.87. The molecule has 3 aromatic carbocycles. The van der Waals surface area contributed by atoms with E-state index in [9.17, 15) is 44.6 Å². The maximum atomic E-state index is 14.6. The molecule has 1 N–H and O–H groups in total. The molecule has 0 saturated carbocycles. The number of hydrogen-bond acceptors (Lipinski definition) is 4. The highest BCUT2D eigenvalue weighted by Gasteiger charge is 2.42. The van der Waals surface area contributed by atoms with E-state index in [2.05, 4.69) is 4.74 Å². The minimum atomic E-state index is -4.79. The summed E-state index contributed by atoms with van der Waals surface area (Å²) in [4.78, 5) is 0. The van der Waals surface area contributed by atoms with Gasteiger partial charge in [0.15, 0.2) is 23.7 Å². The van der Waals surface area contributed by atoms with Crippen LogP contribution in [0.1, 0.15) is 17.4 Å².